The summed E-state index contributed by atoms with van der Waals surface area (Å²) in [6, 6.07) is 63.9. The minimum absolute atomic E-state index is 0.0717. The van der Waals surface area contributed by atoms with Crippen molar-refractivity contribution in [1.29, 1.82) is 0 Å². The average Bonchev–Trinajstić information content (AvgIpc) is 1.63. The van der Waals surface area contributed by atoms with Crippen molar-refractivity contribution in [1.82, 2.24) is 26.1 Å². The second kappa shape index (κ2) is 51.2. The van der Waals surface area contributed by atoms with Crippen LogP contribution in [0.4, 0.5) is 0 Å². The predicted octanol–water partition coefficient (Wildman–Crippen LogP) is 23.5. The normalized spacial score (nSPS) is 23.3. The first kappa shape index (κ1) is 117. The van der Waals surface area contributed by atoms with Gasteiger partial charge in [-0.2, -0.15) is 10.1 Å². The van der Waals surface area contributed by atoms with Crippen LogP contribution in [0.15, 0.2) is 241 Å². The van der Waals surface area contributed by atoms with Crippen LogP contribution in [0.2, 0.25) is 0 Å². The largest absolute Gasteiger partial charge is 0.496 e. The predicted molar refractivity (Wildman–Crippen MR) is 580 cm³/mol. The van der Waals surface area contributed by atoms with Crippen molar-refractivity contribution in [3.63, 3.8) is 0 Å². The van der Waals surface area contributed by atoms with Gasteiger partial charge in [0.15, 0.2) is 95.2 Å². The number of hydroxylamine groups is 4. The van der Waals surface area contributed by atoms with Crippen LogP contribution in [0.25, 0.3) is 0 Å². The van der Waals surface area contributed by atoms with Crippen LogP contribution in [-0.2, 0) is 49.2 Å². The van der Waals surface area contributed by atoms with Gasteiger partial charge < -0.3 is 53.0 Å². The third kappa shape index (κ3) is 26.0. The summed E-state index contributed by atoms with van der Waals surface area (Å²) < 4.78 is 185. The van der Waals surface area contributed by atoms with Crippen LogP contribution in [0.5, 0.6) is 51.7 Å². The molecule has 5 N–H and O–H groups in total. The summed E-state index contributed by atoms with van der Waals surface area (Å²) >= 11 is 3.54. The number of unbranched alkanes of at least 4 members (excludes halogenated alkanes) is 5. The topological polar surface area (TPSA) is 337 Å². The van der Waals surface area contributed by atoms with Gasteiger partial charge in [0, 0.05) is 46.9 Å². The second-order valence-corrected chi connectivity index (χ2v) is 49.3. The van der Waals surface area contributed by atoms with E-state index in [2.05, 4.69) is 99.4 Å². The molecule has 146 heavy (non-hydrogen) atoms. The van der Waals surface area contributed by atoms with Gasteiger partial charge in [0.1, 0.15) is 5.75 Å². The second-order valence-electron chi connectivity index (χ2n) is 38.7. The van der Waals surface area contributed by atoms with E-state index in [1.165, 1.54) is 64.9 Å². The Morgan fingerprint density at radius 1 is 0.274 bits per heavy atom. The van der Waals surface area contributed by atoms with Crippen LogP contribution >= 0.6 is 15.9 Å². The maximum Gasteiger partial charge on any atom is 0.180 e. The number of fused-ring (bicyclic) bond motifs is 5. The monoisotopic (exact) mass is 2170 g/mol. The molecule has 26 nitrogen and oxygen atoms in total. The lowest BCUT2D eigenvalue weighted by Crippen LogP contribution is -2.51. The van der Waals surface area contributed by atoms with Crippen molar-refractivity contribution >= 4 is 65.1 Å². The summed E-state index contributed by atoms with van der Waals surface area (Å²) in [4.78, 5) is 1.37. The molecule has 5 heterocycles. The Labute approximate surface area is 876 Å². The van der Waals surface area contributed by atoms with E-state index in [1.807, 2.05) is 172 Å². The van der Waals surface area contributed by atoms with Gasteiger partial charge in [-0.1, -0.05) is 285 Å². The standard InChI is InChI=1S/2C23H31NO5S.2C23H31NO4S.C22H28BrNO3S/c2*1-5-7-13-23(6-2)16-30(26,27)21-15-20(29-4)19(28-3)14-18(21)22(24(23)25)17-11-9-8-10-12-17;2*1-5-7-13-23(6-2)16-29(25,26)21-15-20(28-4)19(27-3)14-18(21)22(24-23)17-11-9-8-10-12-17;1-4-6-12-22(5-2)15-28(25,26)20-14-19(27-3)18(23)13-17(20)21(24-22)16-10-8-7-9-11-16/h2*8-12,14-15,22,25H,5-7,13,16H2,1-4H3;2*8-12,14-15,22,24H,5-7,13,16H2,1-4H3;7-11,13-14,21,24H,4-6,12,15H2,1-3H3/t22-,23+;22-,23-;22-,23+;22-,23-;21-,22-/m11111/s1. The van der Waals surface area contributed by atoms with Gasteiger partial charge in [-0.15, -0.1) is 0 Å². The summed E-state index contributed by atoms with van der Waals surface area (Å²) in [5.41, 5.74) is 4.71. The molecule has 15 rings (SSSR count). The smallest absolute Gasteiger partial charge is 0.180 e. The molecule has 10 aromatic carbocycles. The van der Waals surface area contributed by atoms with E-state index in [9.17, 15) is 52.5 Å². The zero-order chi connectivity index (χ0) is 106. The fourth-order valence-electron chi connectivity index (χ4n) is 21.1. The Morgan fingerprint density at radius 2 is 0.479 bits per heavy atom. The number of methoxy groups -OCH3 is 9. The Kier molecular flexibility index (Phi) is 40.9. The number of nitrogens with zero attached hydrogens (tertiary/aromatic N) is 2. The van der Waals surface area contributed by atoms with Gasteiger partial charge in [-0.3, -0.25) is 16.0 Å². The molecule has 0 bridgehead atoms. The molecule has 0 saturated carbocycles. The van der Waals surface area contributed by atoms with E-state index in [-0.39, 0.29) is 56.7 Å². The maximum absolute atomic E-state index is 13.6. The lowest BCUT2D eigenvalue weighted by atomic mass is 9.87. The van der Waals surface area contributed by atoms with E-state index in [1.54, 1.807) is 51.7 Å². The van der Waals surface area contributed by atoms with Gasteiger partial charge in [0.05, 0.1) is 163 Å². The third-order valence-electron chi connectivity index (χ3n) is 29.7. The number of hydrogen-bond donors (Lipinski definition) is 5. The summed E-state index contributed by atoms with van der Waals surface area (Å²) in [5, 5.41) is 37.1. The molecule has 0 fully saturated rings. The molecule has 5 aliphatic heterocycles. The Bertz CT molecular complexity index is 6290. The van der Waals surface area contributed by atoms with Crippen LogP contribution in [-0.4, -0.2) is 183 Å². The van der Waals surface area contributed by atoms with E-state index < -0.39 is 89.0 Å². The number of rotatable bonds is 34. The highest BCUT2D eigenvalue weighted by Crippen LogP contribution is 2.53. The lowest BCUT2D eigenvalue weighted by molar-refractivity contribution is -0.193. The van der Waals surface area contributed by atoms with Crippen molar-refractivity contribution in [3.8, 4) is 51.7 Å². The molecular formula is C114H152BrN5O21S5. The SMILES string of the molecule is CCCC[C@@]1(CC)CS(=O)(=O)c2cc(OC)c(OC)cc2[C@@H](c2ccccc2)N1.CCCC[C@@]1(CC)CS(=O)(=O)c2cc(OC)c(OC)cc2[C@@H](c2ccccc2)N1O.CCCC[C@]1(CC)CS(=O)(=O)c2cc(OC)c(Br)cc2[C@@H](c2ccccc2)N1.CCCC[C@]1(CC)CS(=O)(=O)c2cc(OC)c(OC)cc2[C@@H](c2ccccc2)N1.CCCC[C@]1(CC)CS(=O)(=O)c2cc(OC)c(OC)cc2[C@@H](c2ccccc2)N1O. The number of benzene rings is 10. The molecule has 10 atom stereocenters. The first-order valence-electron chi connectivity index (χ1n) is 50.9. The van der Waals surface area contributed by atoms with E-state index in [4.69, 9.17) is 42.6 Å². The molecule has 0 aliphatic carbocycles. The van der Waals surface area contributed by atoms with Crippen LogP contribution in [0.3, 0.4) is 0 Å². The highest BCUT2D eigenvalue weighted by molar-refractivity contribution is 9.10. The minimum Gasteiger partial charge on any atom is -0.496 e. The zero-order valence-corrected chi connectivity index (χ0v) is 93.9. The molecule has 0 saturated heterocycles. The average molecular weight is 2170 g/mol. The summed E-state index contributed by atoms with van der Waals surface area (Å²) in [6.07, 6.45) is 16.3. The first-order chi connectivity index (χ1) is 69.8. The van der Waals surface area contributed by atoms with Gasteiger partial charge in [0.2, 0.25) is 0 Å². The number of hydrogen-bond acceptors (Lipinski definition) is 26. The van der Waals surface area contributed by atoms with Crippen LogP contribution in [0, 0.1) is 0 Å². The van der Waals surface area contributed by atoms with Crippen molar-refractivity contribution < 1.29 is 95.1 Å². The number of halogens is 1. The summed E-state index contributed by atoms with van der Waals surface area (Å²) in [6.45, 7) is 20.6. The number of sulfone groups is 5. The molecule has 5 aliphatic rings. The van der Waals surface area contributed by atoms with Gasteiger partial charge in [0.25, 0.3) is 0 Å². The third-order valence-corrected chi connectivity index (χ3v) is 40.0. The minimum atomic E-state index is -3.70. The van der Waals surface area contributed by atoms with E-state index in [0.717, 1.165) is 141 Å². The lowest BCUT2D eigenvalue weighted by Gasteiger charge is -2.42. The fraction of sp³-hybridized carbons (Fsp3) is 0.474. The molecule has 0 unspecified atom stereocenters. The van der Waals surface area contributed by atoms with E-state index in [0.29, 0.717) is 114 Å². The highest BCUT2D eigenvalue weighted by atomic mass is 79.9. The van der Waals surface area contributed by atoms with Crippen molar-refractivity contribution in [2.24, 2.45) is 0 Å². The van der Waals surface area contributed by atoms with Gasteiger partial charge in [-0.05, 0) is 166 Å². The molecule has 796 valence electrons. The molecule has 0 spiro atoms. The maximum atomic E-state index is 13.6. The Morgan fingerprint density at radius 3 is 0.712 bits per heavy atom. The Hall–Kier alpha value is -9.65. The molecule has 10 aromatic rings. The van der Waals surface area contributed by atoms with Gasteiger partial charge in [-0.25, -0.2) is 42.1 Å². The molecule has 32 heteroatoms. The molecular weight excluding hydrogens is 2020 g/mol. The van der Waals surface area contributed by atoms with Gasteiger partial charge >= 0.3 is 0 Å². The van der Waals surface area contributed by atoms with Crippen LogP contribution < -0.4 is 58.6 Å². The quantitative estimate of drug-likeness (QED) is 0.0250. The summed E-state index contributed by atoms with van der Waals surface area (Å²) in [5.74, 6) is 3.95. The molecule has 0 radical (unpaired) electrons. The first-order valence-corrected chi connectivity index (χ1v) is 60.0. The summed E-state index contributed by atoms with van der Waals surface area (Å²) in [7, 11) is -4.19. The number of nitrogens with one attached hydrogen (secondary N) is 3. The van der Waals surface area contributed by atoms with Crippen LogP contribution in [0.1, 0.15) is 283 Å². The molecule has 0 amide bonds. The number of ether oxygens (including phenoxy) is 9. The Balaban J connectivity index is 0.000000174. The molecule has 0 aromatic heterocycles. The van der Waals surface area contributed by atoms with E-state index >= 15 is 0 Å². The van der Waals surface area contributed by atoms with Crippen molar-refractivity contribution in [3.05, 3.63) is 272 Å². The van der Waals surface area contributed by atoms with Crippen molar-refractivity contribution in [2.45, 2.75) is 280 Å². The zero-order valence-electron chi connectivity index (χ0n) is 88.2. The highest BCUT2D eigenvalue weighted by Gasteiger charge is 2.52. The fourth-order valence-corrected chi connectivity index (χ4v) is 32.3. The van der Waals surface area contributed by atoms with Crippen molar-refractivity contribution in [2.75, 3.05) is 92.8 Å².